The molecule has 0 radical (unpaired) electrons. The standard InChI is InChI=1S/C23H30/c1-18(2)6-5-7-19(3)8-11-21-12-16-23(17-13-21)22-14-9-20(4)10-15-22/h6,9-10,12-17,19H,5,7-8,11H2,1-4H3. The first kappa shape index (κ1) is 17.5. The van der Waals surface area contributed by atoms with Gasteiger partial charge in [-0.15, -0.1) is 0 Å². The summed E-state index contributed by atoms with van der Waals surface area (Å²) in [5.41, 5.74) is 6.81. The third kappa shape index (κ3) is 6.06. The van der Waals surface area contributed by atoms with Crippen LogP contribution in [0.4, 0.5) is 0 Å². The minimum Gasteiger partial charge on any atom is -0.0859 e. The van der Waals surface area contributed by atoms with Gasteiger partial charge in [0.15, 0.2) is 0 Å². The Balaban J connectivity index is 1.85. The number of aryl methyl sites for hydroxylation is 2. The molecule has 0 aliphatic heterocycles. The molecule has 2 aromatic rings. The molecule has 1 atom stereocenters. The molecule has 23 heavy (non-hydrogen) atoms. The third-order valence-corrected chi connectivity index (χ3v) is 4.48. The smallest absolute Gasteiger partial charge is 0.0184 e. The van der Waals surface area contributed by atoms with E-state index in [4.69, 9.17) is 0 Å². The van der Waals surface area contributed by atoms with E-state index in [2.05, 4.69) is 82.3 Å². The molecule has 0 heterocycles. The van der Waals surface area contributed by atoms with Crippen molar-refractivity contribution in [1.82, 2.24) is 0 Å². The zero-order valence-electron chi connectivity index (χ0n) is 15.1. The van der Waals surface area contributed by atoms with Crippen molar-refractivity contribution < 1.29 is 0 Å². The summed E-state index contributed by atoms with van der Waals surface area (Å²) >= 11 is 0. The summed E-state index contributed by atoms with van der Waals surface area (Å²) < 4.78 is 0. The number of benzene rings is 2. The maximum atomic E-state index is 2.37. The lowest BCUT2D eigenvalue weighted by Gasteiger charge is -2.10. The van der Waals surface area contributed by atoms with Gasteiger partial charge < -0.3 is 0 Å². The molecule has 2 aromatic carbocycles. The number of allylic oxidation sites excluding steroid dienone is 2. The molecule has 122 valence electrons. The van der Waals surface area contributed by atoms with Crippen molar-refractivity contribution in [3.8, 4) is 11.1 Å². The van der Waals surface area contributed by atoms with E-state index in [0.717, 1.165) is 5.92 Å². The van der Waals surface area contributed by atoms with E-state index < -0.39 is 0 Å². The SMILES string of the molecule is CC(C)=CCCC(C)CCc1ccc(-c2ccc(C)cc2)cc1. The molecule has 0 saturated carbocycles. The van der Waals surface area contributed by atoms with Crippen LogP contribution in [0.2, 0.25) is 0 Å². The Hall–Kier alpha value is -1.82. The van der Waals surface area contributed by atoms with Crippen LogP contribution in [0, 0.1) is 12.8 Å². The van der Waals surface area contributed by atoms with E-state index in [-0.39, 0.29) is 0 Å². The molecule has 0 N–H and O–H groups in total. The molecule has 0 spiro atoms. The second kappa shape index (κ2) is 8.72. The van der Waals surface area contributed by atoms with Gasteiger partial charge in [0.1, 0.15) is 0 Å². The highest BCUT2D eigenvalue weighted by atomic mass is 14.1. The monoisotopic (exact) mass is 306 g/mol. The molecule has 0 amide bonds. The Morgan fingerprint density at radius 2 is 1.43 bits per heavy atom. The van der Waals surface area contributed by atoms with Gasteiger partial charge in [0.05, 0.1) is 0 Å². The zero-order valence-corrected chi connectivity index (χ0v) is 15.1. The van der Waals surface area contributed by atoms with Gasteiger partial charge in [-0.3, -0.25) is 0 Å². The predicted molar refractivity (Wildman–Crippen MR) is 103 cm³/mol. The average molecular weight is 306 g/mol. The Labute approximate surface area is 142 Å². The summed E-state index contributed by atoms with van der Waals surface area (Å²) in [7, 11) is 0. The summed E-state index contributed by atoms with van der Waals surface area (Å²) in [6, 6.07) is 17.9. The van der Waals surface area contributed by atoms with Crippen molar-refractivity contribution in [2.45, 2.75) is 53.4 Å². The first-order valence-corrected chi connectivity index (χ1v) is 8.84. The number of rotatable bonds is 7. The summed E-state index contributed by atoms with van der Waals surface area (Å²) in [5.74, 6) is 0.794. The van der Waals surface area contributed by atoms with E-state index >= 15 is 0 Å². The van der Waals surface area contributed by atoms with Gasteiger partial charge in [-0.05, 0) is 69.1 Å². The normalized spacial score (nSPS) is 12.0. The number of hydrogen-bond donors (Lipinski definition) is 0. The second-order valence-corrected chi connectivity index (χ2v) is 7.07. The Kier molecular flexibility index (Phi) is 6.65. The maximum absolute atomic E-state index is 2.37. The van der Waals surface area contributed by atoms with Gasteiger partial charge in [-0.25, -0.2) is 0 Å². The molecule has 0 aliphatic carbocycles. The highest BCUT2D eigenvalue weighted by Gasteiger charge is 2.03. The van der Waals surface area contributed by atoms with Gasteiger partial charge >= 0.3 is 0 Å². The fourth-order valence-electron chi connectivity index (χ4n) is 2.82. The van der Waals surface area contributed by atoms with Crippen molar-refractivity contribution in [1.29, 1.82) is 0 Å². The van der Waals surface area contributed by atoms with Crippen LogP contribution in [-0.4, -0.2) is 0 Å². The van der Waals surface area contributed by atoms with Gasteiger partial charge in [0, 0.05) is 0 Å². The van der Waals surface area contributed by atoms with Crippen molar-refractivity contribution in [3.05, 3.63) is 71.3 Å². The summed E-state index contributed by atoms with van der Waals surface area (Å²) in [6.45, 7) is 8.87. The topological polar surface area (TPSA) is 0 Å². The van der Waals surface area contributed by atoms with E-state index in [1.807, 2.05) is 0 Å². The second-order valence-electron chi connectivity index (χ2n) is 7.07. The van der Waals surface area contributed by atoms with Crippen LogP contribution in [0.3, 0.4) is 0 Å². The minimum absolute atomic E-state index is 0.794. The van der Waals surface area contributed by atoms with Crippen LogP contribution in [-0.2, 0) is 6.42 Å². The quantitative estimate of drug-likeness (QED) is 0.484. The van der Waals surface area contributed by atoms with Crippen LogP contribution in [0.15, 0.2) is 60.2 Å². The van der Waals surface area contributed by atoms with Crippen molar-refractivity contribution in [2.24, 2.45) is 5.92 Å². The number of hydrogen-bond acceptors (Lipinski definition) is 0. The van der Waals surface area contributed by atoms with Crippen LogP contribution in [0.25, 0.3) is 11.1 Å². The molecule has 0 aliphatic rings. The molecule has 0 saturated heterocycles. The lowest BCUT2D eigenvalue weighted by molar-refractivity contribution is 0.497. The maximum Gasteiger partial charge on any atom is -0.0184 e. The highest BCUT2D eigenvalue weighted by Crippen LogP contribution is 2.22. The molecule has 0 heteroatoms. The first-order valence-electron chi connectivity index (χ1n) is 8.84. The van der Waals surface area contributed by atoms with E-state index in [1.54, 1.807) is 0 Å². The fraction of sp³-hybridized carbons (Fsp3) is 0.391. The lowest BCUT2D eigenvalue weighted by Crippen LogP contribution is -1.97. The van der Waals surface area contributed by atoms with Gasteiger partial charge in [0.2, 0.25) is 0 Å². The summed E-state index contributed by atoms with van der Waals surface area (Å²) in [4.78, 5) is 0. The Morgan fingerprint density at radius 3 is 2.00 bits per heavy atom. The van der Waals surface area contributed by atoms with Crippen molar-refractivity contribution in [2.75, 3.05) is 0 Å². The van der Waals surface area contributed by atoms with E-state index in [9.17, 15) is 0 Å². The summed E-state index contributed by atoms with van der Waals surface area (Å²) in [6.07, 6.45) is 7.33. The van der Waals surface area contributed by atoms with Crippen LogP contribution in [0.5, 0.6) is 0 Å². The van der Waals surface area contributed by atoms with E-state index in [0.29, 0.717) is 0 Å². The molecular weight excluding hydrogens is 276 g/mol. The third-order valence-electron chi connectivity index (χ3n) is 4.48. The fourth-order valence-corrected chi connectivity index (χ4v) is 2.82. The van der Waals surface area contributed by atoms with Crippen LogP contribution >= 0.6 is 0 Å². The summed E-state index contributed by atoms with van der Waals surface area (Å²) in [5, 5.41) is 0. The van der Waals surface area contributed by atoms with E-state index in [1.165, 1.54) is 53.5 Å². The minimum atomic E-state index is 0.794. The molecule has 0 nitrogen and oxygen atoms in total. The average Bonchev–Trinajstić information content (AvgIpc) is 2.54. The molecule has 0 fully saturated rings. The largest absolute Gasteiger partial charge is 0.0859 e. The molecule has 0 bridgehead atoms. The van der Waals surface area contributed by atoms with Gasteiger partial charge in [-0.2, -0.15) is 0 Å². The van der Waals surface area contributed by atoms with Gasteiger partial charge in [0.25, 0.3) is 0 Å². The lowest BCUT2D eigenvalue weighted by atomic mass is 9.95. The van der Waals surface area contributed by atoms with Crippen LogP contribution < -0.4 is 0 Å². The highest BCUT2D eigenvalue weighted by molar-refractivity contribution is 5.63. The molecule has 0 aromatic heterocycles. The first-order chi connectivity index (χ1) is 11.0. The van der Waals surface area contributed by atoms with Crippen molar-refractivity contribution >= 4 is 0 Å². The Bertz CT molecular complexity index is 610. The molecule has 1 unspecified atom stereocenters. The predicted octanol–water partition coefficient (Wildman–Crippen LogP) is 6.98. The zero-order chi connectivity index (χ0) is 16.7. The molecular formula is C23H30. The van der Waals surface area contributed by atoms with Crippen molar-refractivity contribution in [3.63, 3.8) is 0 Å². The van der Waals surface area contributed by atoms with Gasteiger partial charge in [-0.1, -0.05) is 72.7 Å². The molecule has 2 rings (SSSR count). The Morgan fingerprint density at radius 1 is 0.870 bits per heavy atom. The van der Waals surface area contributed by atoms with Crippen LogP contribution in [0.1, 0.15) is 51.2 Å².